The first-order valence-corrected chi connectivity index (χ1v) is 7.73. The highest BCUT2D eigenvalue weighted by Gasteiger charge is 2.30. The second-order valence-electron chi connectivity index (χ2n) is 5.65. The quantitative estimate of drug-likeness (QED) is 0.922. The van der Waals surface area contributed by atoms with Crippen molar-refractivity contribution in [2.75, 3.05) is 20.3 Å². The molecule has 1 N–H and O–H groups in total. The Bertz CT molecular complexity index is 664. The number of hydrogen-bond donors (Lipinski definition) is 1. The normalized spacial score (nSPS) is 18.1. The van der Waals surface area contributed by atoms with E-state index in [9.17, 15) is 4.79 Å². The first-order valence-electron chi connectivity index (χ1n) is 7.73. The standard InChI is InChI=1S/C17H21NO4/c1-21-14-8-2-5-12-11-15(22-16(12)14)17(20)18-9-3-6-13(18)7-4-10-19/h2,5,8,11,13,19H,3-4,6-7,9-10H2,1H3. The van der Waals surface area contributed by atoms with Crippen LogP contribution in [0.15, 0.2) is 28.7 Å². The molecule has 22 heavy (non-hydrogen) atoms. The minimum Gasteiger partial charge on any atom is -0.493 e. The summed E-state index contributed by atoms with van der Waals surface area (Å²) in [6, 6.07) is 7.59. The molecule has 5 nitrogen and oxygen atoms in total. The molecule has 1 aliphatic heterocycles. The molecule has 0 radical (unpaired) electrons. The summed E-state index contributed by atoms with van der Waals surface area (Å²) in [5, 5.41) is 9.85. The molecule has 1 fully saturated rings. The lowest BCUT2D eigenvalue weighted by Gasteiger charge is -2.23. The molecule has 5 heteroatoms. The summed E-state index contributed by atoms with van der Waals surface area (Å²) >= 11 is 0. The fourth-order valence-corrected chi connectivity index (χ4v) is 3.17. The molecule has 1 atom stereocenters. The highest BCUT2D eigenvalue weighted by molar-refractivity contribution is 5.97. The van der Waals surface area contributed by atoms with Gasteiger partial charge in [-0.3, -0.25) is 4.79 Å². The highest BCUT2D eigenvalue weighted by Crippen LogP contribution is 2.30. The van der Waals surface area contributed by atoms with Gasteiger partial charge in [0.2, 0.25) is 0 Å². The number of aliphatic hydroxyl groups excluding tert-OH is 1. The molecule has 1 saturated heterocycles. The molecular formula is C17H21NO4. The maximum atomic E-state index is 12.7. The number of hydrogen-bond acceptors (Lipinski definition) is 4. The lowest BCUT2D eigenvalue weighted by molar-refractivity contribution is 0.0694. The van der Waals surface area contributed by atoms with E-state index in [1.54, 1.807) is 13.2 Å². The van der Waals surface area contributed by atoms with Crippen LogP contribution in [0, 0.1) is 0 Å². The second-order valence-corrected chi connectivity index (χ2v) is 5.65. The van der Waals surface area contributed by atoms with Gasteiger partial charge in [-0.15, -0.1) is 0 Å². The van der Waals surface area contributed by atoms with Crippen LogP contribution in [0.3, 0.4) is 0 Å². The van der Waals surface area contributed by atoms with Crippen molar-refractivity contribution in [2.45, 2.75) is 31.7 Å². The van der Waals surface area contributed by atoms with Crippen LogP contribution in [0.2, 0.25) is 0 Å². The third kappa shape index (κ3) is 2.68. The zero-order valence-electron chi connectivity index (χ0n) is 12.7. The maximum absolute atomic E-state index is 12.7. The Morgan fingerprint density at radius 3 is 3.14 bits per heavy atom. The number of carbonyl (C=O) groups is 1. The second kappa shape index (κ2) is 6.40. The van der Waals surface area contributed by atoms with E-state index in [0.29, 0.717) is 17.1 Å². The van der Waals surface area contributed by atoms with Crippen LogP contribution in [0.1, 0.15) is 36.2 Å². The summed E-state index contributed by atoms with van der Waals surface area (Å²) in [6.45, 7) is 0.920. The van der Waals surface area contributed by atoms with Crippen LogP contribution in [0.4, 0.5) is 0 Å². The number of amides is 1. The number of benzene rings is 1. The summed E-state index contributed by atoms with van der Waals surface area (Å²) < 4.78 is 11.0. The van der Waals surface area contributed by atoms with Crippen molar-refractivity contribution in [3.05, 3.63) is 30.0 Å². The molecule has 1 aliphatic rings. The van der Waals surface area contributed by atoms with Crippen molar-refractivity contribution in [2.24, 2.45) is 0 Å². The van der Waals surface area contributed by atoms with Gasteiger partial charge in [0.25, 0.3) is 5.91 Å². The average Bonchev–Trinajstić information content (AvgIpc) is 3.18. The van der Waals surface area contributed by atoms with Gasteiger partial charge in [0.05, 0.1) is 7.11 Å². The number of furan rings is 1. The molecule has 0 saturated carbocycles. The molecular weight excluding hydrogens is 282 g/mol. The molecule has 0 aliphatic carbocycles. The van der Waals surface area contributed by atoms with Crippen LogP contribution in [-0.4, -0.2) is 42.2 Å². The number of aliphatic hydroxyl groups is 1. The van der Waals surface area contributed by atoms with E-state index in [1.807, 2.05) is 23.1 Å². The van der Waals surface area contributed by atoms with Gasteiger partial charge < -0.3 is 19.2 Å². The van der Waals surface area contributed by atoms with E-state index in [-0.39, 0.29) is 18.6 Å². The third-order valence-electron chi connectivity index (χ3n) is 4.27. The predicted octanol–water partition coefficient (Wildman–Crippen LogP) is 2.82. The zero-order chi connectivity index (χ0) is 15.5. The van der Waals surface area contributed by atoms with Crippen LogP contribution in [-0.2, 0) is 0 Å². The monoisotopic (exact) mass is 303 g/mol. The average molecular weight is 303 g/mol. The van der Waals surface area contributed by atoms with E-state index in [1.165, 1.54) is 0 Å². The summed E-state index contributed by atoms with van der Waals surface area (Å²) in [7, 11) is 1.59. The van der Waals surface area contributed by atoms with Gasteiger partial charge in [0.1, 0.15) is 0 Å². The molecule has 2 aromatic rings. The summed E-state index contributed by atoms with van der Waals surface area (Å²) in [6.07, 6.45) is 3.56. The number of nitrogens with zero attached hydrogens (tertiary/aromatic N) is 1. The number of ether oxygens (including phenoxy) is 1. The fraction of sp³-hybridized carbons (Fsp3) is 0.471. The van der Waals surface area contributed by atoms with E-state index >= 15 is 0 Å². The minimum absolute atomic E-state index is 0.0707. The Hall–Kier alpha value is -2.01. The Kier molecular flexibility index (Phi) is 4.34. The van der Waals surface area contributed by atoms with Crippen molar-refractivity contribution >= 4 is 16.9 Å². The van der Waals surface area contributed by atoms with Crippen molar-refractivity contribution < 1.29 is 19.1 Å². The Morgan fingerprint density at radius 2 is 2.36 bits per heavy atom. The van der Waals surface area contributed by atoms with Gasteiger partial charge in [0.15, 0.2) is 17.1 Å². The van der Waals surface area contributed by atoms with Crippen molar-refractivity contribution in [1.29, 1.82) is 0 Å². The van der Waals surface area contributed by atoms with Gasteiger partial charge >= 0.3 is 0 Å². The molecule has 1 aromatic carbocycles. The molecule has 1 amide bonds. The Morgan fingerprint density at radius 1 is 1.50 bits per heavy atom. The number of methoxy groups -OCH3 is 1. The minimum atomic E-state index is -0.0707. The van der Waals surface area contributed by atoms with Crippen molar-refractivity contribution in [3.8, 4) is 5.75 Å². The van der Waals surface area contributed by atoms with Gasteiger partial charge in [0, 0.05) is 24.6 Å². The summed E-state index contributed by atoms with van der Waals surface area (Å²) in [5.74, 6) is 0.920. The molecule has 1 aromatic heterocycles. The molecule has 2 heterocycles. The number of carbonyl (C=O) groups excluding carboxylic acids is 1. The van der Waals surface area contributed by atoms with E-state index in [4.69, 9.17) is 14.3 Å². The molecule has 118 valence electrons. The van der Waals surface area contributed by atoms with Gasteiger partial charge in [-0.1, -0.05) is 12.1 Å². The van der Waals surface area contributed by atoms with Crippen molar-refractivity contribution in [1.82, 2.24) is 4.90 Å². The Balaban J connectivity index is 1.85. The summed E-state index contributed by atoms with van der Waals surface area (Å²) in [4.78, 5) is 14.6. The SMILES string of the molecule is COc1cccc2cc(C(=O)N3CCCC3CCCO)oc12. The highest BCUT2D eigenvalue weighted by atomic mass is 16.5. The molecule has 0 spiro atoms. The van der Waals surface area contributed by atoms with E-state index in [2.05, 4.69) is 0 Å². The maximum Gasteiger partial charge on any atom is 0.289 e. The van der Waals surface area contributed by atoms with E-state index < -0.39 is 0 Å². The molecule has 1 unspecified atom stereocenters. The smallest absolute Gasteiger partial charge is 0.289 e. The van der Waals surface area contributed by atoms with Crippen LogP contribution >= 0.6 is 0 Å². The lowest BCUT2D eigenvalue weighted by atomic mass is 10.1. The Labute approximate surface area is 129 Å². The lowest BCUT2D eigenvalue weighted by Crippen LogP contribution is -2.35. The number of fused-ring (bicyclic) bond motifs is 1. The number of rotatable bonds is 5. The van der Waals surface area contributed by atoms with Gasteiger partial charge in [-0.25, -0.2) is 0 Å². The van der Waals surface area contributed by atoms with Crippen LogP contribution in [0.5, 0.6) is 5.75 Å². The first-order chi connectivity index (χ1) is 10.7. The number of likely N-dealkylation sites (tertiary alicyclic amines) is 1. The van der Waals surface area contributed by atoms with Crippen molar-refractivity contribution in [3.63, 3.8) is 0 Å². The van der Waals surface area contributed by atoms with Crippen LogP contribution < -0.4 is 4.74 Å². The van der Waals surface area contributed by atoms with Gasteiger partial charge in [-0.05, 0) is 37.8 Å². The molecule has 0 bridgehead atoms. The number of para-hydroxylation sites is 1. The van der Waals surface area contributed by atoms with Crippen LogP contribution in [0.25, 0.3) is 11.0 Å². The predicted molar refractivity (Wildman–Crippen MR) is 83.1 cm³/mol. The largest absolute Gasteiger partial charge is 0.493 e. The third-order valence-corrected chi connectivity index (χ3v) is 4.27. The van der Waals surface area contributed by atoms with Gasteiger partial charge in [-0.2, -0.15) is 0 Å². The topological polar surface area (TPSA) is 62.9 Å². The van der Waals surface area contributed by atoms with E-state index in [0.717, 1.165) is 37.6 Å². The molecule has 3 rings (SSSR count). The summed E-state index contributed by atoms with van der Waals surface area (Å²) in [5.41, 5.74) is 0.611. The fourth-order valence-electron chi connectivity index (χ4n) is 3.17. The zero-order valence-corrected chi connectivity index (χ0v) is 12.7. The first kappa shape index (κ1) is 14.9.